The van der Waals surface area contributed by atoms with Crippen LogP contribution >= 0.6 is 31.9 Å². The van der Waals surface area contributed by atoms with Gasteiger partial charge in [-0.05, 0) is 68.3 Å². The van der Waals surface area contributed by atoms with Crippen molar-refractivity contribution in [1.82, 2.24) is 9.78 Å². The van der Waals surface area contributed by atoms with Crippen LogP contribution in [-0.4, -0.2) is 22.0 Å². The number of aromatic nitrogens is 2. The summed E-state index contributed by atoms with van der Waals surface area (Å²) in [6.07, 6.45) is 1.29. The van der Waals surface area contributed by atoms with Crippen molar-refractivity contribution < 1.29 is 4.79 Å². The molecule has 0 atom stereocenters. The number of anilines is 1. The minimum absolute atomic E-state index is 0.268. The molecule has 28 heavy (non-hydrogen) atoms. The lowest BCUT2D eigenvalue weighted by molar-refractivity contribution is 0.259. The smallest absolute Gasteiger partial charge is 0.306 e. The monoisotopic (exact) mass is 504 g/mol. The summed E-state index contributed by atoms with van der Waals surface area (Å²) >= 11 is 6.84. The van der Waals surface area contributed by atoms with Gasteiger partial charge in [-0.2, -0.15) is 0 Å². The fourth-order valence-electron chi connectivity index (χ4n) is 2.70. The predicted octanol–water partition coefficient (Wildman–Crippen LogP) is 5.27. The van der Waals surface area contributed by atoms with Crippen molar-refractivity contribution in [3.63, 3.8) is 0 Å². The number of hydrogen-bond acceptors (Lipinski definition) is 2. The van der Waals surface area contributed by atoms with E-state index in [2.05, 4.69) is 47.3 Å². The van der Waals surface area contributed by atoms with Crippen LogP contribution in [0.15, 0.2) is 55.1 Å². The SMILES string of the molecule is Cc1cc(-n2[nH]c(C)c(C=NC(=O)Nc3ccc(Br)cc3C)c2=O)ccc1Br. The average Bonchev–Trinajstić information content (AvgIpc) is 2.92. The van der Waals surface area contributed by atoms with Crippen molar-refractivity contribution in [3.8, 4) is 5.69 Å². The average molecular weight is 506 g/mol. The third-order valence-electron chi connectivity index (χ3n) is 4.26. The molecule has 0 fully saturated rings. The molecule has 1 aromatic heterocycles. The molecule has 0 saturated carbocycles. The number of carbonyl (C=O) groups is 1. The van der Waals surface area contributed by atoms with E-state index < -0.39 is 6.03 Å². The number of halogens is 2. The Balaban J connectivity index is 1.84. The molecule has 0 unspecified atom stereocenters. The van der Waals surface area contributed by atoms with Crippen molar-refractivity contribution in [2.75, 3.05) is 5.32 Å². The van der Waals surface area contributed by atoms with Crippen molar-refractivity contribution in [3.05, 3.63) is 78.1 Å². The Bertz CT molecular complexity index is 1150. The maximum absolute atomic E-state index is 12.7. The summed E-state index contributed by atoms with van der Waals surface area (Å²) in [6.45, 7) is 5.60. The predicted molar refractivity (Wildman–Crippen MR) is 119 cm³/mol. The Hall–Kier alpha value is -2.45. The highest BCUT2D eigenvalue weighted by Crippen LogP contribution is 2.20. The molecule has 0 aliphatic rings. The molecular formula is C20H18Br2N4O2. The van der Waals surface area contributed by atoms with Gasteiger partial charge < -0.3 is 5.32 Å². The molecule has 2 aromatic carbocycles. The van der Waals surface area contributed by atoms with Crippen LogP contribution in [0.3, 0.4) is 0 Å². The molecule has 0 saturated heterocycles. The molecule has 1 heterocycles. The topological polar surface area (TPSA) is 79.2 Å². The van der Waals surface area contributed by atoms with Gasteiger partial charge in [-0.1, -0.05) is 31.9 Å². The van der Waals surface area contributed by atoms with Gasteiger partial charge in [0, 0.05) is 26.5 Å². The zero-order valence-corrected chi connectivity index (χ0v) is 18.7. The van der Waals surface area contributed by atoms with Gasteiger partial charge >= 0.3 is 6.03 Å². The van der Waals surface area contributed by atoms with Crippen LogP contribution in [0.2, 0.25) is 0 Å². The first-order valence-corrected chi connectivity index (χ1v) is 10.0. The van der Waals surface area contributed by atoms with Crippen molar-refractivity contribution in [1.29, 1.82) is 0 Å². The number of nitrogens with one attached hydrogen (secondary N) is 2. The number of aryl methyl sites for hydroxylation is 3. The van der Waals surface area contributed by atoms with Crippen LogP contribution < -0.4 is 10.9 Å². The maximum atomic E-state index is 12.7. The van der Waals surface area contributed by atoms with Gasteiger partial charge in [0.1, 0.15) is 0 Å². The second kappa shape index (κ2) is 8.28. The largest absolute Gasteiger partial charge is 0.345 e. The Morgan fingerprint density at radius 3 is 2.54 bits per heavy atom. The molecule has 0 aliphatic heterocycles. The van der Waals surface area contributed by atoms with E-state index in [4.69, 9.17) is 0 Å². The number of nitrogens with zero attached hydrogens (tertiary/aromatic N) is 2. The quantitative estimate of drug-likeness (QED) is 0.475. The highest BCUT2D eigenvalue weighted by molar-refractivity contribution is 9.10. The molecule has 2 amide bonds. The van der Waals surface area contributed by atoms with Gasteiger partial charge in [0.2, 0.25) is 0 Å². The van der Waals surface area contributed by atoms with E-state index in [0.717, 1.165) is 20.1 Å². The first kappa shape index (κ1) is 20.3. The molecule has 0 radical (unpaired) electrons. The number of H-pyrrole nitrogens is 1. The highest BCUT2D eigenvalue weighted by atomic mass is 79.9. The molecule has 0 bridgehead atoms. The zero-order chi connectivity index (χ0) is 20.4. The zero-order valence-electron chi connectivity index (χ0n) is 15.5. The van der Waals surface area contributed by atoms with Gasteiger partial charge in [0.05, 0.1) is 11.3 Å². The summed E-state index contributed by atoms with van der Waals surface area (Å²) in [4.78, 5) is 28.8. The highest BCUT2D eigenvalue weighted by Gasteiger charge is 2.12. The van der Waals surface area contributed by atoms with Crippen molar-refractivity contribution in [2.45, 2.75) is 20.8 Å². The lowest BCUT2D eigenvalue weighted by Crippen LogP contribution is -2.18. The van der Waals surface area contributed by atoms with Crippen LogP contribution in [0.1, 0.15) is 22.4 Å². The summed E-state index contributed by atoms with van der Waals surface area (Å²) in [5.41, 5.74) is 3.99. The third kappa shape index (κ3) is 4.34. The van der Waals surface area contributed by atoms with Crippen LogP contribution in [-0.2, 0) is 0 Å². The fourth-order valence-corrected chi connectivity index (χ4v) is 3.42. The lowest BCUT2D eigenvalue weighted by atomic mass is 10.2. The van der Waals surface area contributed by atoms with Crippen molar-refractivity contribution >= 4 is 49.8 Å². The summed E-state index contributed by atoms with van der Waals surface area (Å²) in [7, 11) is 0. The standard InChI is InChI=1S/C20H18Br2N4O2/c1-11-9-15(5-6-17(11)22)26-19(27)16(13(3)25-26)10-23-20(28)24-18-7-4-14(21)8-12(18)2/h4-10,25H,1-3H3,(H,24,28). The number of urea groups is 1. The van der Waals surface area contributed by atoms with Crippen LogP contribution in [0, 0.1) is 20.8 Å². The molecule has 0 aliphatic carbocycles. The fraction of sp³-hybridized carbons (Fsp3) is 0.150. The molecule has 144 valence electrons. The number of aliphatic imine (C=N–C) groups is 1. The summed E-state index contributed by atoms with van der Waals surface area (Å²) in [5.74, 6) is 0. The number of amides is 2. The first-order valence-electron chi connectivity index (χ1n) is 8.45. The third-order valence-corrected chi connectivity index (χ3v) is 5.64. The van der Waals surface area contributed by atoms with Crippen LogP contribution in [0.25, 0.3) is 5.69 Å². The number of benzene rings is 2. The van der Waals surface area contributed by atoms with Gasteiger partial charge in [-0.15, -0.1) is 0 Å². The summed E-state index contributed by atoms with van der Waals surface area (Å²) in [5, 5.41) is 5.74. The van der Waals surface area contributed by atoms with E-state index in [1.165, 1.54) is 10.9 Å². The van der Waals surface area contributed by atoms with E-state index in [0.29, 0.717) is 22.6 Å². The Kier molecular flexibility index (Phi) is 6.00. The number of rotatable bonds is 3. The van der Waals surface area contributed by atoms with Crippen LogP contribution in [0.4, 0.5) is 10.5 Å². The molecule has 6 nitrogen and oxygen atoms in total. The summed E-state index contributed by atoms with van der Waals surface area (Å²) < 4.78 is 3.33. The van der Waals surface area contributed by atoms with Crippen LogP contribution in [0.5, 0.6) is 0 Å². The van der Waals surface area contributed by atoms with E-state index in [1.54, 1.807) is 13.0 Å². The minimum atomic E-state index is -0.545. The van der Waals surface area contributed by atoms with Gasteiger partial charge in [-0.25, -0.2) is 14.5 Å². The lowest BCUT2D eigenvalue weighted by Gasteiger charge is -2.05. The van der Waals surface area contributed by atoms with Gasteiger partial charge in [-0.3, -0.25) is 9.89 Å². The molecule has 3 rings (SSSR count). The Labute approximate surface area is 178 Å². The number of hydrogen-bond donors (Lipinski definition) is 2. The molecule has 2 N–H and O–H groups in total. The second-order valence-corrected chi connectivity index (χ2v) is 8.14. The molecule has 0 spiro atoms. The Morgan fingerprint density at radius 1 is 1.11 bits per heavy atom. The number of carbonyl (C=O) groups excluding carboxylic acids is 1. The minimum Gasteiger partial charge on any atom is -0.306 e. The normalized spacial score (nSPS) is 11.2. The molecular weight excluding hydrogens is 488 g/mol. The molecule has 8 heteroatoms. The van der Waals surface area contributed by atoms with Gasteiger partial charge in [0.15, 0.2) is 0 Å². The van der Waals surface area contributed by atoms with Crippen molar-refractivity contribution in [2.24, 2.45) is 4.99 Å². The van der Waals surface area contributed by atoms with E-state index in [-0.39, 0.29) is 5.56 Å². The van der Waals surface area contributed by atoms with E-state index in [9.17, 15) is 9.59 Å². The van der Waals surface area contributed by atoms with E-state index in [1.807, 2.05) is 44.2 Å². The van der Waals surface area contributed by atoms with E-state index >= 15 is 0 Å². The molecule has 3 aromatic rings. The Morgan fingerprint density at radius 2 is 1.86 bits per heavy atom. The summed E-state index contributed by atoms with van der Waals surface area (Å²) in [6, 6.07) is 10.6. The number of aromatic amines is 1. The maximum Gasteiger partial charge on any atom is 0.345 e. The van der Waals surface area contributed by atoms with Gasteiger partial charge in [0.25, 0.3) is 5.56 Å². The first-order chi connectivity index (χ1) is 13.3. The second-order valence-electron chi connectivity index (χ2n) is 6.37.